The monoisotopic (exact) mass is 222 g/mol. The normalized spacial score (nSPS) is 11.6. The standard InChI is InChI=1S/C11H14N2O3/c1-12-11(15)10(13(16)8-14)7-9-5-3-2-4-6-9/h2-6,8,10,16H,7H2,1H3,(H,12,15)/t10-/m0/s1. The topological polar surface area (TPSA) is 69.6 Å². The number of benzene rings is 1. The van der Waals surface area contributed by atoms with Gasteiger partial charge in [0, 0.05) is 13.5 Å². The molecule has 1 rings (SSSR count). The summed E-state index contributed by atoms with van der Waals surface area (Å²) in [5.74, 6) is -0.404. The lowest BCUT2D eigenvalue weighted by Crippen LogP contribution is -2.45. The van der Waals surface area contributed by atoms with Gasteiger partial charge in [-0.15, -0.1) is 0 Å². The third kappa shape index (κ3) is 3.06. The second kappa shape index (κ2) is 5.87. The number of amides is 2. The molecule has 0 unspecified atom stereocenters. The molecule has 1 aromatic rings. The molecule has 0 aliphatic rings. The molecule has 0 aromatic heterocycles. The molecule has 0 saturated heterocycles. The predicted octanol–water partition coefficient (Wildman–Crippen LogP) is 0.191. The molecule has 0 spiro atoms. The van der Waals surface area contributed by atoms with E-state index in [1.54, 1.807) is 0 Å². The maximum atomic E-state index is 11.4. The van der Waals surface area contributed by atoms with Crippen LogP contribution in [-0.4, -0.2) is 35.7 Å². The van der Waals surface area contributed by atoms with Crippen molar-refractivity contribution >= 4 is 12.3 Å². The van der Waals surface area contributed by atoms with Gasteiger partial charge in [-0.25, -0.2) is 5.06 Å². The third-order valence-corrected chi connectivity index (χ3v) is 2.25. The van der Waals surface area contributed by atoms with E-state index in [0.29, 0.717) is 5.06 Å². The zero-order valence-corrected chi connectivity index (χ0v) is 8.96. The van der Waals surface area contributed by atoms with Crippen molar-refractivity contribution in [2.45, 2.75) is 12.5 Å². The minimum absolute atomic E-state index is 0.225. The molecule has 86 valence electrons. The maximum absolute atomic E-state index is 11.4. The van der Waals surface area contributed by atoms with Crippen molar-refractivity contribution in [3.8, 4) is 0 Å². The molecule has 5 heteroatoms. The van der Waals surface area contributed by atoms with Crippen molar-refractivity contribution in [1.82, 2.24) is 10.4 Å². The summed E-state index contributed by atoms with van der Waals surface area (Å²) < 4.78 is 0. The highest BCUT2D eigenvalue weighted by molar-refractivity contribution is 5.83. The first-order valence-electron chi connectivity index (χ1n) is 4.87. The summed E-state index contributed by atoms with van der Waals surface area (Å²) in [6, 6.07) is 8.28. The van der Waals surface area contributed by atoms with Gasteiger partial charge in [-0.2, -0.15) is 0 Å². The van der Waals surface area contributed by atoms with Crippen LogP contribution in [0.3, 0.4) is 0 Å². The number of nitrogens with zero attached hydrogens (tertiary/aromatic N) is 1. The van der Waals surface area contributed by atoms with E-state index in [-0.39, 0.29) is 12.8 Å². The SMILES string of the molecule is CNC(=O)[C@H](Cc1ccccc1)N(O)C=O. The molecule has 0 fully saturated rings. The highest BCUT2D eigenvalue weighted by Gasteiger charge is 2.23. The van der Waals surface area contributed by atoms with Crippen LogP contribution in [0, 0.1) is 0 Å². The van der Waals surface area contributed by atoms with Crippen LogP contribution < -0.4 is 5.32 Å². The van der Waals surface area contributed by atoms with Crippen LogP contribution in [0.2, 0.25) is 0 Å². The molecule has 0 saturated carbocycles. The van der Waals surface area contributed by atoms with Crippen molar-refractivity contribution in [3.05, 3.63) is 35.9 Å². The van der Waals surface area contributed by atoms with Crippen LogP contribution in [0.4, 0.5) is 0 Å². The minimum Gasteiger partial charge on any atom is -0.357 e. The summed E-state index contributed by atoms with van der Waals surface area (Å²) in [7, 11) is 1.46. The van der Waals surface area contributed by atoms with Crippen LogP contribution >= 0.6 is 0 Å². The first kappa shape index (κ1) is 12.2. The first-order valence-corrected chi connectivity index (χ1v) is 4.87. The van der Waals surface area contributed by atoms with Crippen molar-refractivity contribution < 1.29 is 14.8 Å². The lowest BCUT2D eigenvalue weighted by atomic mass is 10.1. The van der Waals surface area contributed by atoms with Gasteiger partial charge in [0.1, 0.15) is 6.04 Å². The summed E-state index contributed by atoms with van der Waals surface area (Å²) in [6.45, 7) is 0. The van der Waals surface area contributed by atoms with Crippen molar-refractivity contribution in [2.75, 3.05) is 7.05 Å². The van der Waals surface area contributed by atoms with Crippen molar-refractivity contribution in [1.29, 1.82) is 0 Å². The Bertz CT molecular complexity index is 354. The Morgan fingerprint density at radius 3 is 2.62 bits per heavy atom. The Hall–Kier alpha value is -1.88. The molecular weight excluding hydrogens is 208 g/mol. The highest BCUT2D eigenvalue weighted by atomic mass is 16.5. The number of hydrogen-bond donors (Lipinski definition) is 2. The van der Waals surface area contributed by atoms with Crippen LogP contribution in [-0.2, 0) is 16.0 Å². The molecule has 16 heavy (non-hydrogen) atoms. The fourth-order valence-corrected chi connectivity index (χ4v) is 1.38. The van der Waals surface area contributed by atoms with Crippen LogP contribution in [0.1, 0.15) is 5.56 Å². The number of likely N-dealkylation sites (N-methyl/N-ethyl adjacent to an activating group) is 1. The molecule has 0 aliphatic heterocycles. The Morgan fingerprint density at radius 2 is 2.12 bits per heavy atom. The Labute approximate surface area is 93.6 Å². The molecule has 2 N–H and O–H groups in total. The van der Waals surface area contributed by atoms with Crippen molar-refractivity contribution in [3.63, 3.8) is 0 Å². The zero-order valence-electron chi connectivity index (χ0n) is 8.96. The molecule has 5 nitrogen and oxygen atoms in total. The van der Waals surface area contributed by atoms with Gasteiger partial charge in [0.15, 0.2) is 0 Å². The van der Waals surface area contributed by atoms with Gasteiger partial charge in [0.25, 0.3) is 0 Å². The summed E-state index contributed by atoms with van der Waals surface area (Å²) in [5, 5.41) is 12.1. The quantitative estimate of drug-likeness (QED) is 0.424. The molecule has 0 aliphatic carbocycles. The second-order valence-electron chi connectivity index (χ2n) is 3.31. The van der Waals surface area contributed by atoms with Gasteiger partial charge in [0.2, 0.25) is 12.3 Å². The van der Waals surface area contributed by atoms with E-state index in [9.17, 15) is 14.8 Å². The Morgan fingerprint density at radius 1 is 1.50 bits per heavy atom. The summed E-state index contributed by atoms with van der Waals surface area (Å²) in [5.41, 5.74) is 0.872. The first-order chi connectivity index (χ1) is 7.69. The average Bonchev–Trinajstić information content (AvgIpc) is 2.35. The fraction of sp³-hybridized carbons (Fsp3) is 0.273. The number of rotatable bonds is 5. The van der Waals surface area contributed by atoms with E-state index in [4.69, 9.17) is 0 Å². The lowest BCUT2D eigenvalue weighted by molar-refractivity contribution is -0.166. The molecule has 0 bridgehead atoms. The Balaban J connectivity index is 2.79. The maximum Gasteiger partial charge on any atom is 0.245 e. The van der Waals surface area contributed by atoms with Gasteiger partial charge < -0.3 is 5.32 Å². The summed E-state index contributed by atoms with van der Waals surface area (Å²) >= 11 is 0. The molecule has 1 atom stereocenters. The third-order valence-electron chi connectivity index (χ3n) is 2.25. The van der Waals surface area contributed by atoms with Gasteiger partial charge in [-0.1, -0.05) is 30.3 Å². The van der Waals surface area contributed by atoms with Gasteiger partial charge in [-0.05, 0) is 5.56 Å². The lowest BCUT2D eigenvalue weighted by Gasteiger charge is -2.20. The van der Waals surface area contributed by atoms with E-state index in [1.165, 1.54) is 7.05 Å². The largest absolute Gasteiger partial charge is 0.357 e. The smallest absolute Gasteiger partial charge is 0.245 e. The molecule has 0 heterocycles. The molecule has 1 aromatic carbocycles. The zero-order chi connectivity index (χ0) is 12.0. The van der Waals surface area contributed by atoms with E-state index >= 15 is 0 Å². The van der Waals surface area contributed by atoms with Gasteiger partial charge in [-0.3, -0.25) is 14.8 Å². The van der Waals surface area contributed by atoms with Crippen LogP contribution in [0.5, 0.6) is 0 Å². The number of carbonyl (C=O) groups is 2. The molecule has 0 radical (unpaired) electrons. The molecule has 2 amide bonds. The van der Waals surface area contributed by atoms with E-state index in [2.05, 4.69) is 5.32 Å². The van der Waals surface area contributed by atoms with Crippen molar-refractivity contribution in [2.24, 2.45) is 0 Å². The average molecular weight is 222 g/mol. The molecular formula is C11H14N2O3. The van der Waals surface area contributed by atoms with E-state index < -0.39 is 11.9 Å². The van der Waals surface area contributed by atoms with Crippen LogP contribution in [0.15, 0.2) is 30.3 Å². The number of hydrogen-bond acceptors (Lipinski definition) is 3. The van der Waals surface area contributed by atoms with E-state index in [1.807, 2.05) is 30.3 Å². The summed E-state index contributed by atoms with van der Waals surface area (Å²) in [6.07, 6.45) is 0.499. The highest BCUT2D eigenvalue weighted by Crippen LogP contribution is 2.06. The minimum atomic E-state index is -0.898. The fourth-order valence-electron chi connectivity index (χ4n) is 1.38. The predicted molar refractivity (Wildman–Crippen MR) is 57.7 cm³/mol. The second-order valence-corrected chi connectivity index (χ2v) is 3.31. The number of hydroxylamine groups is 2. The number of nitrogens with one attached hydrogen (secondary N) is 1. The number of carbonyl (C=O) groups excluding carboxylic acids is 2. The summed E-state index contributed by atoms with van der Waals surface area (Å²) in [4.78, 5) is 21.9. The van der Waals surface area contributed by atoms with Crippen LogP contribution in [0.25, 0.3) is 0 Å². The van der Waals surface area contributed by atoms with Gasteiger partial charge in [0.05, 0.1) is 0 Å². The Kier molecular flexibility index (Phi) is 4.47. The van der Waals surface area contributed by atoms with E-state index in [0.717, 1.165) is 5.56 Å². The van der Waals surface area contributed by atoms with Gasteiger partial charge >= 0.3 is 0 Å².